The molecule has 0 fully saturated rings. The van der Waals surface area contributed by atoms with E-state index in [1.807, 2.05) is 6.07 Å². The number of carbonyl (C=O) groups excluding carboxylic acids is 2. The summed E-state index contributed by atoms with van der Waals surface area (Å²) < 4.78 is 0. The highest BCUT2D eigenvalue weighted by atomic mass is 32.2. The number of carboxylic acids is 2. The quantitative estimate of drug-likeness (QED) is 0.105. The van der Waals surface area contributed by atoms with Gasteiger partial charge in [0.1, 0.15) is 5.25 Å². The minimum absolute atomic E-state index is 0.107. The van der Waals surface area contributed by atoms with E-state index >= 15 is 0 Å². The Morgan fingerprint density at radius 2 is 1.44 bits per heavy atom. The molecule has 0 spiro atoms. The fraction of sp³-hybridized carbons (Fsp3) is 0.0345. The molecule has 4 rings (SSSR count). The standard InChI is InChI=1S/C29H21N3O8S/c33-26(23-14-9-18(28(35)36)15-24(23)29(37)38)31-20-7-4-8-22(16-20)41-25(17-5-2-1-3-6-17)27(34)30-19-10-12-21(13-11-19)32(39)40/h1-16,25H,(H,30,34)(H,31,33)(H,35,36)(H,37,38). The zero-order valence-corrected chi connectivity index (χ0v) is 21.8. The fourth-order valence-electron chi connectivity index (χ4n) is 3.81. The Morgan fingerprint density at radius 3 is 2.07 bits per heavy atom. The number of non-ortho nitro benzene ring substituents is 1. The summed E-state index contributed by atoms with van der Waals surface area (Å²) in [5.41, 5.74) is 0.342. The molecule has 0 bridgehead atoms. The van der Waals surface area contributed by atoms with Crippen LogP contribution in [-0.2, 0) is 4.79 Å². The highest BCUT2D eigenvalue weighted by Crippen LogP contribution is 2.37. The maximum atomic E-state index is 13.3. The predicted octanol–water partition coefficient (Wildman–Crippen LogP) is 5.72. The molecule has 0 aliphatic heterocycles. The van der Waals surface area contributed by atoms with Gasteiger partial charge >= 0.3 is 11.9 Å². The lowest BCUT2D eigenvalue weighted by Gasteiger charge is -2.18. The van der Waals surface area contributed by atoms with Crippen molar-refractivity contribution in [3.8, 4) is 0 Å². The summed E-state index contributed by atoms with van der Waals surface area (Å²) in [5, 5.41) is 34.2. The number of hydrogen-bond donors (Lipinski definition) is 4. The Morgan fingerprint density at radius 1 is 0.732 bits per heavy atom. The van der Waals surface area contributed by atoms with Crippen molar-refractivity contribution in [1.29, 1.82) is 0 Å². The lowest BCUT2D eigenvalue weighted by molar-refractivity contribution is -0.384. The summed E-state index contributed by atoms with van der Waals surface area (Å²) in [6.45, 7) is 0. The molecule has 41 heavy (non-hydrogen) atoms. The third-order valence-corrected chi connectivity index (χ3v) is 7.02. The van der Waals surface area contributed by atoms with E-state index in [0.29, 0.717) is 21.8 Å². The Hall–Kier alpha value is -5.49. The van der Waals surface area contributed by atoms with E-state index in [2.05, 4.69) is 10.6 Å². The van der Waals surface area contributed by atoms with E-state index in [1.54, 1.807) is 48.5 Å². The van der Waals surface area contributed by atoms with Crippen molar-refractivity contribution in [3.63, 3.8) is 0 Å². The van der Waals surface area contributed by atoms with Crippen molar-refractivity contribution in [1.82, 2.24) is 0 Å². The molecule has 11 nitrogen and oxygen atoms in total. The molecule has 4 aromatic rings. The maximum absolute atomic E-state index is 13.3. The van der Waals surface area contributed by atoms with Gasteiger partial charge in [-0.2, -0.15) is 0 Å². The molecule has 4 aromatic carbocycles. The highest BCUT2D eigenvalue weighted by molar-refractivity contribution is 8.00. The minimum Gasteiger partial charge on any atom is -0.478 e. The smallest absolute Gasteiger partial charge is 0.336 e. The maximum Gasteiger partial charge on any atom is 0.336 e. The largest absolute Gasteiger partial charge is 0.478 e. The van der Waals surface area contributed by atoms with Gasteiger partial charge in [0.25, 0.3) is 11.6 Å². The molecule has 1 unspecified atom stereocenters. The molecule has 1 atom stereocenters. The SMILES string of the molecule is O=C(O)c1ccc(C(=O)Nc2cccc(SC(C(=O)Nc3ccc([N+](=O)[O-])cc3)c3ccccc3)c2)c(C(=O)O)c1. The van der Waals surface area contributed by atoms with E-state index in [-0.39, 0.29) is 22.7 Å². The topological polar surface area (TPSA) is 176 Å². The summed E-state index contributed by atoms with van der Waals surface area (Å²) in [4.78, 5) is 60.1. The molecule has 0 radical (unpaired) electrons. The van der Waals surface area contributed by atoms with Gasteiger partial charge in [0.15, 0.2) is 0 Å². The molecule has 0 aliphatic carbocycles. The van der Waals surface area contributed by atoms with E-state index in [4.69, 9.17) is 5.11 Å². The Labute approximate surface area is 237 Å². The molecule has 0 saturated heterocycles. The van der Waals surface area contributed by atoms with Gasteiger partial charge in [-0.05, 0) is 54.1 Å². The number of rotatable bonds is 10. The lowest BCUT2D eigenvalue weighted by atomic mass is 10.0. The van der Waals surface area contributed by atoms with Gasteiger partial charge in [-0.3, -0.25) is 19.7 Å². The molecule has 206 valence electrons. The number of carboxylic acid groups (broad SMARTS) is 2. The van der Waals surface area contributed by atoms with Crippen LogP contribution in [0.25, 0.3) is 0 Å². The number of hydrogen-bond acceptors (Lipinski definition) is 7. The first-order valence-electron chi connectivity index (χ1n) is 11.9. The fourth-order valence-corrected chi connectivity index (χ4v) is 4.89. The number of aromatic carboxylic acids is 2. The van der Waals surface area contributed by atoms with E-state index in [9.17, 15) is 34.4 Å². The van der Waals surface area contributed by atoms with Crippen LogP contribution in [0, 0.1) is 10.1 Å². The number of thioether (sulfide) groups is 1. The van der Waals surface area contributed by atoms with Gasteiger partial charge in [-0.1, -0.05) is 36.4 Å². The average molecular weight is 572 g/mol. The van der Waals surface area contributed by atoms with Crippen molar-refractivity contribution in [3.05, 3.63) is 129 Å². The Balaban J connectivity index is 1.56. The van der Waals surface area contributed by atoms with Gasteiger partial charge in [0, 0.05) is 28.4 Å². The van der Waals surface area contributed by atoms with Crippen molar-refractivity contribution in [2.24, 2.45) is 0 Å². The van der Waals surface area contributed by atoms with Crippen LogP contribution in [0.5, 0.6) is 0 Å². The number of nitrogens with one attached hydrogen (secondary N) is 2. The second-order valence-corrected chi connectivity index (χ2v) is 9.73. The molecule has 0 saturated carbocycles. The first kappa shape index (κ1) is 28.5. The van der Waals surface area contributed by atoms with E-state index < -0.39 is 33.6 Å². The number of anilines is 2. The van der Waals surface area contributed by atoms with Gasteiger partial charge < -0.3 is 20.8 Å². The summed E-state index contributed by atoms with van der Waals surface area (Å²) >= 11 is 1.20. The zero-order valence-electron chi connectivity index (χ0n) is 21.0. The molecular formula is C29H21N3O8S. The number of nitro benzene ring substituents is 1. The Bertz CT molecular complexity index is 1640. The third-order valence-electron chi connectivity index (χ3n) is 5.77. The normalized spacial score (nSPS) is 11.2. The zero-order chi connectivity index (χ0) is 29.5. The van der Waals surface area contributed by atoms with Crippen LogP contribution in [0.2, 0.25) is 0 Å². The summed E-state index contributed by atoms with van der Waals surface area (Å²) in [6, 6.07) is 24.2. The van der Waals surface area contributed by atoms with Crippen LogP contribution >= 0.6 is 11.8 Å². The van der Waals surface area contributed by atoms with E-state index in [1.165, 1.54) is 36.0 Å². The van der Waals surface area contributed by atoms with Crippen LogP contribution in [-0.4, -0.2) is 38.9 Å². The number of carbonyl (C=O) groups is 4. The first-order valence-corrected chi connectivity index (χ1v) is 12.8. The van der Waals surface area contributed by atoms with Gasteiger partial charge in [-0.25, -0.2) is 9.59 Å². The van der Waals surface area contributed by atoms with Crippen LogP contribution in [0.4, 0.5) is 17.1 Å². The number of nitrogens with zero attached hydrogens (tertiary/aromatic N) is 1. The van der Waals surface area contributed by atoms with Crippen LogP contribution in [0.15, 0.2) is 102 Å². The van der Waals surface area contributed by atoms with Crippen LogP contribution in [0.3, 0.4) is 0 Å². The summed E-state index contributed by atoms with van der Waals surface area (Å²) in [5.74, 6) is -3.91. The van der Waals surface area contributed by atoms with Crippen molar-refractivity contribution >= 4 is 52.6 Å². The molecule has 0 aromatic heterocycles. The monoisotopic (exact) mass is 571 g/mol. The van der Waals surface area contributed by atoms with Gasteiger partial charge in [0.2, 0.25) is 5.91 Å². The molecule has 4 N–H and O–H groups in total. The third kappa shape index (κ3) is 7.13. The van der Waals surface area contributed by atoms with Crippen LogP contribution < -0.4 is 10.6 Å². The van der Waals surface area contributed by atoms with Crippen molar-refractivity contribution in [2.45, 2.75) is 10.1 Å². The van der Waals surface area contributed by atoms with Gasteiger partial charge in [-0.15, -0.1) is 11.8 Å². The molecule has 0 aliphatic rings. The second-order valence-electron chi connectivity index (χ2n) is 8.55. The highest BCUT2D eigenvalue weighted by Gasteiger charge is 2.23. The van der Waals surface area contributed by atoms with E-state index in [0.717, 1.165) is 18.2 Å². The molecule has 0 heterocycles. The minimum atomic E-state index is -1.45. The Kier molecular flexibility index (Phi) is 8.75. The molecule has 2 amide bonds. The predicted molar refractivity (Wildman–Crippen MR) is 152 cm³/mol. The summed E-state index contributed by atoms with van der Waals surface area (Å²) in [7, 11) is 0. The van der Waals surface area contributed by atoms with Crippen molar-refractivity contribution in [2.75, 3.05) is 10.6 Å². The van der Waals surface area contributed by atoms with Crippen molar-refractivity contribution < 1.29 is 34.3 Å². The lowest BCUT2D eigenvalue weighted by Crippen LogP contribution is -2.19. The van der Waals surface area contributed by atoms with Crippen LogP contribution in [0.1, 0.15) is 41.9 Å². The number of amides is 2. The van der Waals surface area contributed by atoms with Gasteiger partial charge in [0.05, 0.1) is 21.6 Å². The number of benzene rings is 4. The molecule has 12 heteroatoms. The molecular weight excluding hydrogens is 550 g/mol. The first-order chi connectivity index (χ1) is 19.6. The summed E-state index contributed by atoms with van der Waals surface area (Å²) in [6.07, 6.45) is 0. The number of nitro groups is 1. The second kappa shape index (κ2) is 12.6. The average Bonchev–Trinajstić information content (AvgIpc) is 2.96.